The molecule has 1 N–H and O–H groups in total. The highest BCUT2D eigenvalue weighted by Gasteiger charge is 2.30. The van der Waals surface area contributed by atoms with Gasteiger partial charge in [-0.3, -0.25) is 4.79 Å². The largest absolute Gasteiger partial charge is 0.481 e. The minimum atomic E-state index is -0.770. The van der Waals surface area contributed by atoms with Crippen molar-refractivity contribution in [1.82, 2.24) is 0 Å². The standard InChI is InChI=1S/C9H7ClO2S/c10-7-3-1-2-5-6(9(11)12)4-13-8(5)7/h1-3,6H,4H2,(H,11,12). The third kappa shape index (κ3) is 1.42. The van der Waals surface area contributed by atoms with Crippen molar-refractivity contribution in [3.63, 3.8) is 0 Å². The van der Waals surface area contributed by atoms with Crippen LogP contribution in [-0.4, -0.2) is 16.8 Å². The first-order valence-electron chi connectivity index (χ1n) is 3.84. The van der Waals surface area contributed by atoms with E-state index in [4.69, 9.17) is 16.7 Å². The number of carboxylic acid groups (broad SMARTS) is 1. The van der Waals surface area contributed by atoms with Crippen molar-refractivity contribution >= 4 is 29.3 Å². The van der Waals surface area contributed by atoms with E-state index in [-0.39, 0.29) is 0 Å². The van der Waals surface area contributed by atoms with Crippen LogP contribution in [-0.2, 0) is 4.79 Å². The maximum Gasteiger partial charge on any atom is 0.311 e. The summed E-state index contributed by atoms with van der Waals surface area (Å²) >= 11 is 7.44. The first-order chi connectivity index (χ1) is 6.20. The van der Waals surface area contributed by atoms with Gasteiger partial charge in [0.1, 0.15) is 0 Å². The molecule has 0 amide bonds. The van der Waals surface area contributed by atoms with Crippen molar-refractivity contribution < 1.29 is 9.90 Å². The molecule has 1 heterocycles. The van der Waals surface area contributed by atoms with Gasteiger partial charge in [-0.15, -0.1) is 11.8 Å². The molecule has 0 aliphatic carbocycles. The Kier molecular flexibility index (Phi) is 2.22. The summed E-state index contributed by atoms with van der Waals surface area (Å²) in [5, 5.41) is 9.55. The molecule has 1 unspecified atom stereocenters. The number of hydrogen-bond donors (Lipinski definition) is 1. The van der Waals surface area contributed by atoms with E-state index < -0.39 is 11.9 Å². The topological polar surface area (TPSA) is 37.3 Å². The molecule has 68 valence electrons. The van der Waals surface area contributed by atoms with Crippen LogP contribution in [0.2, 0.25) is 5.02 Å². The molecule has 0 radical (unpaired) electrons. The number of carboxylic acids is 1. The quantitative estimate of drug-likeness (QED) is 0.781. The molecule has 0 aromatic heterocycles. The predicted octanol–water partition coefficient (Wildman–Crippen LogP) is 2.61. The summed E-state index contributed by atoms with van der Waals surface area (Å²) in [6.07, 6.45) is 0. The fraction of sp³-hybridized carbons (Fsp3) is 0.222. The van der Waals surface area contributed by atoms with Crippen LogP contribution in [0, 0.1) is 0 Å². The van der Waals surface area contributed by atoms with Gasteiger partial charge in [-0.05, 0) is 11.6 Å². The number of carbonyl (C=O) groups is 1. The van der Waals surface area contributed by atoms with E-state index >= 15 is 0 Å². The lowest BCUT2D eigenvalue weighted by molar-refractivity contribution is -0.138. The number of aliphatic carboxylic acids is 1. The Morgan fingerprint density at radius 2 is 2.38 bits per heavy atom. The summed E-state index contributed by atoms with van der Waals surface area (Å²) in [6, 6.07) is 5.42. The van der Waals surface area contributed by atoms with Crippen molar-refractivity contribution in [2.45, 2.75) is 10.8 Å². The lowest BCUT2D eigenvalue weighted by Gasteiger charge is -2.04. The van der Waals surface area contributed by atoms with Crippen LogP contribution >= 0.6 is 23.4 Å². The maximum absolute atomic E-state index is 10.8. The molecule has 1 aromatic rings. The van der Waals surface area contributed by atoms with Gasteiger partial charge in [0.05, 0.1) is 10.9 Å². The highest BCUT2D eigenvalue weighted by Crippen LogP contribution is 2.43. The lowest BCUT2D eigenvalue weighted by atomic mass is 10.0. The Balaban J connectivity index is 2.49. The van der Waals surface area contributed by atoms with Crippen LogP contribution in [0.15, 0.2) is 23.1 Å². The highest BCUT2D eigenvalue weighted by atomic mass is 35.5. The van der Waals surface area contributed by atoms with E-state index in [1.807, 2.05) is 6.07 Å². The molecule has 0 fully saturated rings. The van der Waals surface area contributed by atoms with Gasteiger partial charge in [-0.1, -0.05) is 23.7 Å². The van der Waals surface area contributed by atoms with Crippen molar-refractivity contribution in [3.8, 4) is 0 Å². The molecule has 0 bridgehead atoms. The van der Waals surface area contributed by atoms with E-state index in [1.165, 1.54) is 11.8 Å². The zero-order valence-electron chi connectivity index (χ0n) is 6.66. The van der Waals surface area contributed by atoms with Gasteiger partial charge in [0.2, 0.25) is 0 Å². The molecule has 1 atom stereocenters. The summed E-state index contributed by atoms with van der Waals surface area (Å²) in [7, 11) is 0. The number of rotatable bonds is 1. The summed E-state index contributed by atoms with van der Waals surface area (Å²) < 4.78 is 0. The van der Waals surface area contributed by atoms with Gasteiger partial charge in [0, 0.05) is 10.6 Å². The summed E-state index contributed by atoms with van der Waals surface area (Å²) in [6.45, 7) is 0. The molecule has 2 nitrogen and oxygen atoms in total. The second-order valence-corrected chi connectivity index (χ2v) is 4.30. The monoisotopic (exact) mass is 214 g/mol. The molecule has 1 aliphatic heterocycles. The third-order valence-electron chi connectivity index (χ3n) is 2.07. The van der Waals surface area contributed by atoms with Gasteiger partial charge < -0.3 is 5.11 Å². The average Bonchev–Trinajstić information content (AvgIpc) is 2.48. The second kappa shape index (κ2) is 3.24. The molecule has 0 spiro atoms. The number of benzene rings is 1. The molecule has 0 saturated heterocycles. The number of fused-ring (bicyclic) bond motifs is 1. The summed E-state index contributed by atoms with van der Waals surface area (Å²) in [4.78, 5) is 11.7. The summed E-state index contributed by atoms with van der Waals surface area (Å²) in [5.41, 5.74) is 0.852. The Morgan fingerprint density at radius 3 is 3.08 bits per heavy atom. The highest BCUT2D eigenvalue weighted by molar-refractivity contribution is 7.99. The Labute approximate surface area is 84.9 Å². The van der Waals surface area contributed by atoms with Crippen molar-refractivity contribution in [2.24, 2.45) is 0 Å². The molecule has 1 aliphatic rings. The predicted molar refractivity (Wildman–Crippen MR) is 52.6 cm³/mol. The molecule has 13 heavy (non-hydrogen) atoms. The second-order valence-electron chi connectivity index (χ2n) is 2.86. The first kappa shape index (κ1) is 8.91. The normalized spacial score (nSPS) is 19.9. The molecular weight excluding hydrogens is 208 g/mol. The first-order valence-corrected chi connectivity index (χ1v) is 5.20. The van der Waals surface area contributed by atoms with E-state index in [1.54, 1.807) is 12.1 Å². The van der Waals surface area contributed by atoms with Gasteiger partial charge in [0.25, 0.3) is 0 Å². The molecule has 4 heteroatoms. The minimum absolute atomic E-state index is 0.390. The fourth-order valence-corrected chi connectivity index (χ4v) is 3.00. The van der Waals surface area contributed by atoms with E-state index in [0.29, 0.717) is 10.8 Å². The lowest BCUT2D eigenvalue weighted by Crippen LogP contribution is -2.10. The molecule has 0 saturated carbocycles. The molecular formula is C9H7ClO2S. The molecule has 1 aromatic carbocycles. The van der Waals surface area contributed by atoms with Crippen LogP contribution in [0.25, 0.3) is 0 Å². The minimum Gasteiger partial charge on any atom is -0.481 e. The Morgan fingerprint density at radius 1 is 1.62 bits per heavy atom. The Bertz CT molecular complexity index is 365. The number of halogens is 1. The van der Waals surface area contributed by atoms with Gasteiger partial charge in [-0.2, -0.15) is 0 Å². The van der Waals surface area contributed by atoms with Crippen LogP contribution < -0.4 is 0 Å². The van der Waals surface area contributed by atoms with E-state index in [9.17, 15) is 4.79 Å². The van der Waals surface area contributed by atoms with E-state index in [2.05, 4.69) is 0 Å². The van der Waals surface area contributed by atoms with Crippen LogP contribution in [0.1, 0.15) is 11.5 Å². The van der Waals surface area contributed by atoms with E-state index in [0.717, 1.165) is 10.5 Å². The fourth-order valence-electron chi connectivity index (χ4n) is 1.41. The van der Waals surface area contributed by atoms with Gasteiger partial charge in [-0.25, -0.2) is 0 Å². The van der Waals surface area contributed by atoms with Crippen LogP contribution in [0.4, 0.5) is 0 Å². The number of hydrogen-bond acceptors (Lipinski definition) is 2. The average molecular weight is 215 g/mol. The van der Waals surface area contributed by atoms with Crippen molar-refractivity contribution in [2.75, 3.05) is 5.75 Å². The van der Waals surface area contributed by atoms with Crippen molar-refractivity contribution in [1.29, 1.82) is 0 Å². The zero-order chi connectivity index (χ0) is 9.42. The molecule has 2 rings (SSSR count). The van der Waals surface area contributed by atoms with Crippen LogP contribution in [0.3, 0.4) is 0 Å². The zero-order valence-corrected chi connectivity index (χ0v) is 8.23. The smallest absolute Gasteiger partial charge is 0.311 e. The maximum atomic E-state index is 10.8. The van der Waals surface area contributed by atoms with Crippen molar-refractivity contribution in [3.05, 3.63) is 28.8 Å². The number of thioether (sulfide) groups is 1. The van der Waals surface area contributed by atoms with Gasteiger partial charge in [0.15, 0.2) is 0 Å². The summed E-state index contributed by atoms with van der Waals surface area (Å²) in [5.74, 6) is -0.568. The Hall–Kier alpha value is -0.670. The third-order valence-corrected chi connectivity index (χ3v) is 3.74. The van der Waals surface area contributed by atoms with Gasteiger partial charge >= 0.3 is 5.97 Å². The van der Waals surface area contributed by atoms with Crippen LogP contribution in [0.5, 0.6) is 0 Å². The SMILES string of the molecule is O=C(O)C1CSc2c(Cl)cccc21.